The van der Waals surface area contributed by atoms with Gasteiger partial charge in [-0.15, -0.1) is 0 Å². The van der Waals surface area contributed by atoms with Gasteiger partial charge >= 0.3 is 0 Å². The van der Waals surface area contributed by atoms with E-state index in [0.29, 0.717) is 0 Å². The Balaban J connectivity index is 0.892. The fraction of sp³-hybridized carbons (Fsp3) is 0. The number of fused-ring (bicyclic) bond motifs is 14. The van der Waals surface area contributed by atoms with Gasteiger partial charge in [0.2, 0.25) is 0 Å². The molecule has 57 heavy (non-hydrogen) atoms. The van der Waals surface area contributed by atoms with E-state index < -0.39 is 0 Å². The Morgan fingerprint density at radius 1 is 0.281 bits per heavy atom. The first-order valence-corrected chi connectivity index (χ1v) is 19.5. The van der Waals surface area contributed by atoms with Crippen molar-refractivity contribution in [2.24, 2.45) is 0 Å². The van der Waals surface area contributed by atoms with Crippen molar-refractivity contribution in [3.05, 3.63) is 201 Å². The molecule has 0 spiro atoms. The fourth-order valence-electron chi connectivity index (χ4n) is 9.66. The van der Waals surface area contributed by atoms with Crippen LogP contribution >= 0.6 is 0 Å². The number of pyridine rings is 2. The predicted octanol–water partition coefficient (Wildman–Crippen LogP) is 9.97. The summed E-state index contributed by atoms with van der Waals surface area (Å²) in [5.41, 5.74) is 21.5. The number of furan rings is 1. The zero-order valence-electron chi connectivity index (χ0n) is 30.6. The maximum absolute atomic E-state index is 6.40. The van der Waals surface area contributed by atoms with Gasteiger partial charge in [-0.2, -0.15) is 0 Å². The monoisotopic (exact) mass is 722 g/mol. The van der Waals surface area contributed by atoms with Gasteiger partial charge in [-0.3, -0.25) is 0 Å². The lowest BCUT2D eigenvalue weighted by Gasteiger charge is -2.13. The molecule has 0 bridgehead atoms. The van der Waals surface area contributed by atoms with Crippen molar-refractivity contribution in [2.75, 3.05) is 0 Å². The van der Waals surface area contributed by atoms with Gasteiger partial charge in [0.05, 0.1) is 29.0 Å². The molecule has 9 aromatic rings. The molecule has 13 rings (SSSR count). The van der Waals surface area contributed by atoms with Crippen LogP contribution < -0.4 is 20.9 Å². The summed E-state index contributed by atoms with van der Waals surface area (Å²) >= 11 is 0. The van der Waals surface area contributed by atoms with Gasteiger partial charge in [-0.05, 0) is 113 Å². The van der Waals surface area contributed by atoms with Crippen molar-refractivity contribution in [1.82, 2.24) is 9.97 Å². The summed E-state index contributed by atoms with van der Waals surface area (Å²) in [4.78, 5) is 10.6. The quantitative estimate of drug-likeness (QED) is 0.182. The second-order valence-electron chi connectivity index (χ2n) is 15.2. The summed E-state index contributed by atoms with van der Waals surface area (Å²) in [6.07, 6.45) is 11.0. The molecule has 4 aliphatic carbocycles. The first-order chi connectivity index (χ1) is 28.2. The largest absolute Gasteiger partial charge is 0.464 e. The standard InChI is InChI=1S/C54H30N2O/c1-3-11-33-31(9-1)27-46-36(33)17-19-38-42-21-23-50(55-52(42)29-48(38)46)40-14-6-5-13-35(40)45-25-26-57-54(45)44-16-8-7-15-41(44)51-24-22-43-39-20-18-37-34-12-4-2-10-32(34)28-47(37)49(39)30-53(43)56-51/h1-30H. The molecule has 0 aliphatic heterocycles. The van der Waals surface area contributed by atoms with Crippen molar-refractivity contribution in [3.63, 3.8) is 0 Å². The molecule has 3 heterocycles. The van der Waals surface area contributed by atoms with Crippen LogP contribution in [0.2, 0.25) is 0 Å². The van der Waals surface area contributed by atoms with E-state index in [-0.39, 0.29) is 0 Å². The second-order valence-corrected chi connectivity index (χ2v) is 15.2. The molecule has 0 N–H and O–H groups in total. The van der Waals surface area contributed by atoms with E-state index in [1.165, 1.54) is 76.5 Å². The number of aromatic nitrogens is 2. The highest BCUT2D eigenvalue weighted by atomic mass is 16.3. The molecule has 6 aromatic carbocycles. The molecule has 3 heteroatoms. The van der Waals surface area contributed by atoms with Crippen molar-refractivity contribution < 1.29 is 4.42 Å². The minimum Gasteiger partial charge on any atom is -0.464 e. The minimum atomic E-state index is 0.809. The first kappa shape index (κ1) is 30.7. The van der Waals surface area contributed by atoms with Gasteiger partial charge < -0.3 is 4.42 Å². The molecular formula is C54H30N2O. The molecule has 0 atom stereocenters. The Labute approximate surface area is 328 Å². The number of benzene rings is 6. The van der Waals surface area contributed by atoms with Gasteiger partial charge in [0, 0.05) is 33.4 Å². The van der Waals surface area contributed by atoms with E-state index >= 15 is 0 Å². The van der Waals surface area contributed by atoms with E-state index in [1.54, 1.807) is 6.26 Å². The molecular weight excluding hydrogens is 693 g/mol. The smallest absolute Gasteiger partial charge is 0.142 e. The van der Waals surface area contributed by atoms with Crippen LogP contribution in [0.15, 0.2) is 162 Å². The van der Waals surface area contributed by atoms with Crippen LogP contribution in [0, 0.1) is 0 Å². The third-order valence-electron chi connectivity index (χ3n) is 12.3. The van der Waals surface area contributed by atoms with Gasteiger partial charge in [0.1, 0.15) is 5.76 Å². The lowest BCUT2D eigenvalue weighted by molar-refractivity contribution is 0.583. The summed E-state index contributed by atoms with van der Waals surface area (Å²) in [5, 5.41) is 5.06. The lowest BCUT2D eigenvalue weighted by atomic mass is 9.92. The Morgan fingerprint density at radius 2 is 0.684 bits per heavy atom. The highest BCUT2D eigenvalue weighted by Crippen LogP contribution is 2.43. The molecule has 0 amide bonds. The van der Waals surface area contributed by atoms with E-state index in [1.807, 2.05) is 0 Å². The molecule has 4 aliphatic rings. The minimum absolute atomic E-state index is 0.809. The third-order valence-corrected chi connectivity index (χ3v) is 12.3. The lowest BCUT2D eigenvalue weighted by Crippen LogP contribution is -2.25. The van der Waals surface area contributed by atoms with Gasteiger partial charge in [0.15, 0.2) is 0 Å². The van der Waals surface area contributed by atoms with Gasteiger partial charge in [-0.25, -0.2) is 9.97 Å². The zero-order chi connectivity index (χ0) is 37.2. The molecule has 262 valence electrons. The van der Waals surface area contributed by atoms with E-state index in [9.17, 15) is 0 Å². The number of nitrogens with zero attached hydrogens (tertiary/aromatic N) is 2. The van der Waals surface area contributed by atoms with Crippen LogP contribution in [-0.4, -0.2) is 9.97 Å². The van der Waals surface area contributed by atoms with Gasteiger partial charge in [-0.1, -0.05) is 133 Å². The highest BCUT2D eigenvalue weighted by molar-refractivity contribution is 5.95. The summed E-state index contributed by atoms with van der Waals surface area (Å²) < 4.78 is 6.40. The van der Waals surface area contributed by atoms with Crippen LogP contribution in [0.25, 0.3) is 114 Å². The Bertz CT molecular complexity index is 3300. The normalized spacial score (nSPS) is 12.8. The molecule has 0 saturated carbocycles. The summed E-state index contributed by atoms with van der Waals surface area (Å²) in [7, 11) is 0. The molecule has 0 radical (unpaired) electrons. The third kappa shape index (κ3) is 4.37. The SMILES string of the molecule is C1=c2c(ccc3c2=Cc2nc(-c4ccccc4-c4ccoc4-c4ccccc4-c4ccc5c(n4)C=c4c-5ccc5c4=Cc4ccccc4-5)ccc2-3)-c2ccccc21. The summed E-state index contributed by atoms with van der Waals surface area (Å²) in [6, 6.07) is 54.1. The second kappa shape index (κ2) is 11.5. The van der Waals surface area contributed by atoms with Crippen LogP contribution in [-0.2, 0) is 0 Å². The maximum Gasteiger partial charge on any atom is 0.142 e. The molecule has 0 saturated heterocycles. The van der Waals surface area contributed by atoms with Crippen molar-refractivity contribution in [2.45, 2.75) is 0 Å². The average Bonchev–Trinajstić information content (AvgIpc) is 4.10. The number of hydrogen-bond donors (Lipinski definition) is 0. The molecule has 0 fully saturated rings. The Kier molecular flexibility index (Phi) is 6.16. The average molecular weight is 723 g/mol. The first-order valence-electron chi connectivity index (χ1n) is 19.5. The van der Waals surface area contributed by atoms with Crippen molar-refractivity contribution in [3.8, 4) is 89.5 Å². The number of rotatable bonds is 4. The zero-order valence-corrected chi connectivity index (χ0v) is 30.6. The number of hydrogen-bond acceptors (Lipinski definition) is 3. The van der Waals surface area contributed by atoms with E-state index in [0.717, 1.165) is 56.4 Å². The topological polar surface area (TPSA) is 38.9 Å². The Hall–Kier alpha value is -7.62. The molecule has 0 unspecified atom stereocenters. The van der Waals surface area contributed by atoms with Gasteiger partial charge in [0.25, 0.3) is 0 Å². The van der Waals surface area contributed by atoms with Crippen LogP contribution in [0.5, 0.6) is 0 Å². The summed E-state index contributed by atoms with van der Waals surface area (Å²) in [6.45, 7) is 0. The van der Waals surface area contributed by atoms with E-state index in [4.69, 9.17) is 14.4 Å². The van der Waals surface area contributed by atoms with E-state index in [2.05, 4.69) is 176 Å². The van der Waals surface area contributed by atoms with Crippen molar-refractivity contribution >= 4 is 24.3 Å². The highest BCUT2D eigenvalue weighted by Gasteiger charge is 2.24. The maximum atomic E-state index is 6.40. The fourth-order valence-corrected chi connectivity index (χ4v) is 9.66. The van der Waals surface area contributed by atoms with Crippen molar-refractivity contribution in [1.29, 1.82) is 0 Å². The van der Waals surface area contributed by atoms with Crippen LogP contribution in [0.4, 0.5) is 0 Å². The molecule has 3 nitrogen and oxygen atoms in total. The summed E-state index contributed by atoms with van der Waals surface area (Å²) in [5.74, 6) is 0.809. The predicted molar refractivity (Wildman–Crippen MR) is 231 cm³/mol. The molecule has 3 aromatic heterocycles. The van der Waals surface area contributed by atoms with Crippen LogP contribution in [0.3, 0.4) is 0 Å². The van der Waals surface area contributed by atoms with Crippen LogP contribution in [0.1, 0.15) is 22.5 Å². The Morgan fingerprint density at radius 3 is 1.23 bits per heavy atom.